The largest absolute Gasteiger partial charge is 0.343 e. The van der Waals surface area contributed by atoms with Crippen molar-refractivity contribution in [2.75, 3.05) is 6.54 Å². The smallest absolute Gasteiger partial charge is 0.245 e. The van der Waals surface area contributed by atoms with E-state index in [9.17, 15) is 9.59 Å². The molecule has 2 amide bonds. The molecule has 2 atom stereocenters. The van der Waals surface area contributed by atoms with E-state index in [4.69, 9.17) is 5.26 Å². The zero-order valence-corrected chi connectivity index (χ0v) is 8.28. The monoisotopic (exact) mass is 195 g/mol. The Morgan fingerprint density at radius 3 is 2.71 bits per heavy atom. The van der Waals surface area contributed by atoms with Crippen LogP contribution < -0.4 is 5.32 Å². The molecular formula is C9H13N3O2. The summed E-state index contributed by atoms with van der Waals surface area (Å²) in [6, 6.07) is 1.02. The second kappa shape index (κ2) is 4.09. The second-order valence-corrected chi connectivity index (χ2v) is 3.35. The number of nitrogens with zero attached hydrogens (tertiary/aromatic N) is 2. The molecule has 0 aliphatic carbocycles. The second-order valence-electron chi connectivity index (χ2n) is 3.35. The molecule has 1 fully saturated rings. The first-order valence-corrected chi connectivity index (χ1v) is 4.55. The molecule has 1 N–H and O–H groups in total. The SMILES string of the molecule is C[C@@H]1NC(=O)[C@@H](C)N(CCC#N)C1=O. The van der Waals surface area contributed by atoms with Gasteiger partial charge in [-0.15, -0.1) is 0 Å². The first-order valence-electron chi connectivity index (χ1n) is 4.55. The molecule has 0 aromatic rings. The van der Waals surface area contributed by atoms with Crippen LogP contribution in [0.4, 0.5) is 0 Å². The average Bonchev–Trinajstić information content (AvgIpc) is 2.15. The molecule has 5 heteroatoms. The van der Waals surface area contributed by atoms with Gasteiger partial charge in [-0.1, -0.05) is 0 Å². The predicted molar refractivity (Wildman–Crippen MR) is 49.0 cm³/mol. The normalized spacial score (nSPS) is 27.1. The molecule has 1 saturated heterocycles. The van der Waals surface area contributed by atoms with E-state index >= 15 is 0 Å². The van der Waals surface area contributed by atoms with Crippen molar-refractivity contribution in [1.82, 2.24) is 10.2 Å². The molecule has 5 nitrogen and oxygen atoms in total. The van der Waals surface area contributed by atoms with Crippen LogP contribution in [0, 0.1) is 11.3 Å². The van der Waals surface area contributed by atoms with Crippen LogP contribution in [0.5, 0.6) is 0 Å². The van der Waals surface area contributed by atoms with Crippen LogP contribution in [0.3, 0.4) is 0 Å². The van der Waals surface area contributed by atoms with Gasteiger partial charge in [-0.05, 0) is 13.8 Å². The number of rotatable bonds is 2. The first kappa shape index (κ1) is 10.5. The zero-order chi connectivity index (χ0) is 10.7. The van der Waals surface area contributed by atoms with Crippen LogP contribution in [0.1, 0.15) is 20.3 Å². The number of hydrogen-bond acceptors (Lipinski definition) is 3. The Bertz CT molecular complexity index is 295. The summed E-state index contributed by atoms with van der Waals surface area (Å²) in [7, 11) is 0. The van der Waals surface area contributed by atoms with Gasteiger partial charge in [0.2, 0.25) is 11.8 Å². The van der Waals surface area contributed by atoms with Crippen LogP contribution in [0.15, 0.2) is 0 Å². The number of amides is 2. The van der Waals surface area contributed by atoms with Crippen molar-refractivity contribution in [3.63, 3.8) is 0 Å². The first-order chi connectivity index (χ1) is 6.57. The van der Waals surface area contributed by atoms with Crippen LogP contribution in [0.25, 0.3) is 0 Å². The van der Waals surface area contributed by atoms with Crippen molar-refractivity contribution in [2.45, 2.75) is 32.4 Å². The molecule has 1 heterocycles. The van der Waals surface area contributed by atoms with Gasteiger partial charge in [-0.3, -0.25) is 9.59 Å². The van der Waals surface area contributed by atoms with Gasteiger partial charge in [0.15, 0.2) is 0 Å². The molecule has 14 heavy (non-hydrogen) atoms. The number of nitriles is 1. The van der Waals surface area contributed by atoms with Gasteiger partial charge >= 0.3 is 0 Å². The molecule has 1 rings (SSSR count). The van der Waals surface area contributed by atoms with Crippen molar-refractivity contribution in [3.8, 4) is 6.07 Å². The highest BCUT2D eigenvalue weighted by Crippen LogP contribution is 2.09. The summed E-state index contributed by atoms with van der Waals surface area (Å²) >= 11 is 0. The molecule has 1 aliphatic rings. The predicted octanol–water partition coefficient (Wildman–Crippen LogP) is -0.365. The lowest BCUT2D eigenvalue weighted by atomic mass is 10.1. The molecule has 0 radical (unpaired) electrons. The Morgan fingerprint density at radius 2 is 2.14 bits per heavy atom. The van der Waals surface area contributed by atoms with Crippen molar-refractivity contribution < 1.29 is 9.59 Å². The van der Waals surface area contributed by atoms with Crippen LogP contribution >= 0.6 is 0 Å². The van der Waals surface area contributed by atoms with Gasteiger partial charge in [0, 0.05) is 6.54 Å². The van der Waals surface area contributed by atoms with Crippen LogP contribution in [-0.2, 0) is 9.59 Å². The van der Waals surface area contributed by atoms with Gasteiger partial charge in [-0.2, -0.15) is 5.26 Å². The fraction of sp³-hybridized carbons (Fsp3) is 0.667. The van der Waals surface area contributed by atoms with Gasteiger partial charge in [0.1, 0.15) is 12.1 Å². The maximum atomic E-state index is 11.6. The summed E-state index contributed by atoms with van der Waals surface area (Å²) in [5.41, 5.74) is 0. The highest BCUT2D eigenvalue weighted by Gasteiger charge is 2.34. The van der Waals surface area contributed by atoms with Gasteiger partial charge in [0.05, 0.1) is 12.5 Å². The lowest BCUT2D eigenvalue weighted by Gasteiger charge is -2.35. The Labute approximate surface area is 82.7 Å². The van der Waals surface area contributed by atoms with Crippen LogP contribution in [0.2, 0.25) is 0 Å². The Kier molecular flexibility index (Phi) is 3.07. The zero-order valence-electron chi connectivity index (χ0n) is 8.28. The van der Waals surface area contributed by atoms with Gasteiger partial charge in [-0.25, -0.2) is 0 Å². The van der Waals surface area contributed by atoms with Gasteiger partial charge in [0.25, 0.3) is 0 Å². The molecule has 1 aliphatic heterocycles. The Hall–Kier alpha value is -1.57. The minimum absolute atomic E-state index is 0.118. The quantitative estimate of drug-likeness (QED) is 0.653. The van der Waals surface area contributed by atoms with E-state index in [1.54, 1.807) is 13.8 Å². The fourth-order valence-electron chi connectivity index (χ4n) is 1.45. The van der Waals surface area contributed by atoms with E-state index in [2.05, 4.69) is 5.32 Å². The third kappa shape index (κ3) is 1.84. The molecule has 0 spiro atoms. The molecule has 0 aromatic carbocycles. The average molecular weight is 195 g/mol. The highest BCUT2D eigenvalue weighted by molar-refractivity contribution is 5.96. The Balaban J connectivity index is 2.73. The summed E-state index contributed by atoms with van der Waals surface area (Å²) in [5.74, 6) is -0.276. The topological polar surface area (TPSA) is 73.2 Å². The standard InChI is InChI=1S/C9H13N3O2/c1-6-9(14)12(5-3-4-10)7(2)8(13)11-6/h6-7H,3,5H2,1-2H3,(H,11,13)/t6-,7+/m0/s1. The van der Waals surface area contributed by atoms with E-state index in [1.807, 2.05) is 6.07 Å². The van der Waals surface area contributed by atoms with E-state index in [-0.39, 0.29) is 18.2 Å². The number of hydrogen-bond donors (Lipinski definition) is 1. The van der Waals surface area contributed by atoms with E-state index in [0.29, 0.717) is 6.54 Å². The number of carbonyl (C=O) groups is 2. The van der Waals surface area contributed by atoms with E-state index < -0.39 is 12.1 Å². The number of piperazine rings is 1. The lowest BCUT2D eigenvalue weighted by Crippen LogP contribution is -2.61. The van der Waals surface area contributed by atoms with E-state index in [0.717, 1.165) is 0 Å². The summed E-state index contributed by atoms with van der Waals surface area (Å²) in [4.78, 5) is 24.4. The van der Waals surface area contributed by atoms with Crippen molar-refractivity contribution in [1.29, 1.82) is 5.26 Å². The fourth-order valence-corrected chi connectivity index (χ4v) is 1.45. The molecule has 0 saturated carbocycles. The number of nitrogens with one attached hydrogen (secondary N) is 1. The van der Waals surface area contributed by atoms with E-state index in [1.165, 1.54) is 4.90 Å². The number of carbonyl (C=O) groups excluding carboxylic acids is 2. The highest BCUT2D eigenvalue weighted by atomic mass is 16.2. The summed E-state index contributed by atoms with van der Waals surface area (Å²) < 4.78 is 0. The van der Waals surface area contributed by atoms with Crippen LogP contribution in [-0.4, -0.2) is 35.3 Å². The minimum atomic E-state index is -0.475. The van der Waals surface area contributed by atoms with Gasteiger partial charge < -0.3 is 10.2 Å². The maximum Gasteiger partial charge on any atom is 0.245 e. The molecule has 0 unspecified atom stereocenters. The minimum Gasteiger partial charge on any atom is -0.343 e. The van der Waals surface area contributed by atoms with Crippen molar-refractivity contribution in [2.24, 2.45) is 0 Å². The van der Waals surface area contributed by atoms with Crippen molar-refractivity contribution >= 4 is 11.8 Å². The lowest BCUT2D eigenvalue weighted by molar-refractivity contribution is -0.147. The maximum absolute atomic E-state index is 11.6. The van der Waals surface area contributed by atoms with Crippen molar-refractivity contribution in [3.05, 3.63) is 0 Å². The summed E-state index contributed by atoms with van der Waals surface area (Å²) in [5, 5.41) is 11.0. The summed E-state index contributed by atoms with van der Waals surface area (Å²) in [6.45, 7) is 3.64. The molecular weight excluding hydrogens is 182 g/mol. The molecule has 76 valence electrons. The third-order valence-electron chi connectivity index (χ3n) is 2.32. The third-order valence-corrected chi connectivity index (χ3v) is 2.32. The Morgan fingerprint density at radius 1 is 1.50 bits per heavy atom. The summed E-state index contributed by atoms with van der Waals surface area (Å²) in [6.07, 6.45) is 0.260. The molecule has 0 aromatic heterocycles. The molecule has 0 bridgehead atoms.